The number of carbonyl (C=O) groups excluding carboxylic acids is 1. The molecule has 0 bridgehead atoms. The van der Waals surface area contributed by atoms with E-state index in [1.54, 1.807) is 6.92 Å². The highest BCUT2D eigenvalue weighted by atomic mass is 16.5. The monoisotopic (exact) mass is 468 g/mol. The van der Waals surface area contributed by atoms with Crippen LogP contribution in [0.4, 0.5) is 0 Å². The summed E-state index contributed by atoms with van der Waals surface area (Å²) in [6, 6.07) is 0. The molecule has 0 amide bonds. The van der Waals surface area contributed by atoms with Crippen molar-refractivity contribution in [1.29, 1.82) is 0 Å². The van der Waals surface area contributed by atoms with Gasteiger partial charge in [0.05, 0.1) is 0 Å². The van der Waals surface area contributed by atoms with Gasteiger partial charge < -0.3 is 4.74 Å². The predicted molar refractivity (Wildman–Crippen MR) is 140 cm³/mol. The van der Waals surface area contributed by atoms with Crippen LogP contribution in [0.25, 0.3) is 0 Å². The van der Waals surface area contributed by atoms with Gasteiger partial charge in [0.1, 0.15) is 6.10 Å². The van der Waals surface area contributed by atoms with Crippen molar-refractivity contribution in [3.8, 4) is 0 Å². The van der Waals surface area contributed by atoms with Crippen LogP contribution in [0.1, 0.15) is 120 Å². The van der Waals surface area contributed by atoms with Crippen molar-refractivity contribution in [3.63, 3.8) is 0 Å². The minimum absolute atomic E-state index is 0.0492. The van der Waals surface area contributed by atoms with Crippen LogP contribution in [0.3, 0.4) is 0 Å². The van der Waals surface area contributed by atoms with Crippen LogP contribution in [-0.2, 0) is 9.53 Å². The molecule has 0 unspecified atom stereocenters. The van der Waals surface area contributed by atoms with E-state index in [0.717, 1.165) is 30.1 Å². The number of ether oxygens (including phenoxy) is 1. The van der Waals surface area contributed by atoms with E-state index in [1.807, 2.05) is 5.57 Å². The van der Waals surface area contributed by atoms with Gasteiger partial charge in [0.2, 0.25) is 0 Å². The maximum atomic E-state index is 11.9. The van der Waals surface area contributed by atoms with Crippen molar-refractivity contribution in [3.05, 3.63) is 11.6 Å². The third-order valence-electron chi connectivity index (χ3n) is 13.3. The quantitative estimate of drug-likeness (QED) is 0.284. The first-order valence-electron chi connectivity index (χ1n) is 14.6. The van der Waals surface area contributed by atoms with Gasteiger partial charge in [-0.2, -0.15) is 0 Å². The molecule has 0 aromatic carbocycles. The van der Waals surface area contributed by atoms with Gasteiger partial charge in [-0.1, -0.05) is 67.0 Å². The van der Waals surface area contributed by atoms with Crippen LogP contribution < -0.4 is 0 Å². The van der Waals surface area contributed by atoms with E-state index < -0.39 is 0 Å². The number of allylic oxidation sites excluding steroid dienone is 2. The van der Waals surface area contributed by atoms with Gasteiger partial charge in [0.15, 0.2) is 0 Å². The second-order valence-corrected chi connectivity index (χ2v) is 15.3. The molecule has 0 aromatic rings. The zero-order chi connectivity index (χ0) is 24.9. The molecule has 4 fully saturated rings. The number of carbonyl (C=O) groups is 1. The van der Waals surface area contributed by atoms with Crippen LogP contribution in [0.15, 0.2) is 11.6 Å². The predicted octanol–water partition coefficient (Wildman–Crippen LogP) is 8.60. The maximum Gasteiger partial charge on any atom is 0.302 e. The fraction of sp³-hybridized carbons (Fsp3) is 0.906. The molecule has 192 valence electrons. The van der Waals surface area contributed by atoms with E-state index in [1.165, 1.54) is 51.4 Å². The highest BCUT2D eigenvalue weighted by Gasteiger charge is 2.67. The molecule has 2 nitrogen and oxygen atoms in total. The van der Waals surface area contributed by atoms with Gasteiger partial charge in [0, 0.05) is 12.3 Å². The summed E-state index contributed by atoms with van der Waals surface area (Å²) in [4.78, 5) is 11.9. The van der Waals surface area contributed by atoms with Crippen molar-refractivity contribution in [2.45, 2.75) is 126 Å². The highest BCUT2D eigenvalue weighted by Crippen LogP contribution is 2.75. The van der Waals surface area contributed by atoms with Crippen LogP contribution in [0, 0.1) is 56.7 Å². The third kappa shape index (κ3) is 3.14. The van der Waals surface area contributed by atoms with Gasteiger partial charge in [-0.25, -0.2) is 0 Å². The topological polar surface area (TPSA) is 26.3 Å². The Morgan fingerprint density at radius 3 is 2.18 bits per heavy atom. The molecule has 34 heavy (non-hydrogen) atoms. The standard InChI is InChI=1S/C32H52O2/c1-20-10-15-29(6)16-11-25-31(8)17-12-23-28(4,5)26(34-22(3)33)14-19-30(23,7)24(31)13-18-32(25,9)27(29)21(20)2/h11,20-21,23-24,26-27H,10,12-19H2,1-9H3/t20-,21+,23+,24-,26+,27+,29-,30+,31-,32-/m1/s1. The minimum atomic E-state index is -0.109. The Labute approximate surface area is 210 Å². The van der Waals surface area contributed by atoms with Gasteiger partial charge in [0.25, 0.3) is 0 Å². The van der Waals surface area contributed by atoms with E-state index in [9.17, 15) is 4.79 Å². The Kier molecular flexibility index (Phi) is 5.57. The number of fused-ring (bicyclic) bond motifs is 7. The molecule has 10 atom stereocenters. The average molecular weight is 469 g/mol. The van der Waals surface area contributed by atoms with Gasteiger partial charge in [-0.05, 0) is 109 Å². The molecule has 5 aliphatic rings. The zero-order valence-electron chi connectivity index (χ0n) is 23.7. The second-order valence-electron chi connectivity index (χ2n) is 15.3. The van der Waals surface area contributed by atoms with Crippen molar-refractivity contribution in [2.75, 3.05) is 0 Å². The lowest BCUT2D eigenvalue weighted by Crippen LogP contribution is -2.63. The van der Waals surface area contributed by atoms with Gasteiger partial charge >= 0.3 is 5.97 Å². The lowest BCUT2D eigenvalue weighted by Gasteiger charge is -2.70. The summed E-state index contributed by atoms with van der Waals surface area (Å²) in [5.74, 6) is 3.76. The first kappa shape index (κ1) is 24.9. The number of esters is 1. The molecular formula is C32H52O2. The van der Waals surface area contributed by atoms with Crippen molar-refractivity contribution < 1.29 is 9.53 Å². The average Bonchev–Trinajstić information content (AvgIpc) is 2.72. The molecule has 0 N–H and O–H groups in total. The van der Waals surface area contributed by atoms with Gasteiger partial charge in [-0.15, -0.1) is 0 Å². The Morgan fingerprint density at radius 2 is 1.50 bits per heavy atom. The number of rotatable bonds is 1. The molecule has 0 aliphatic heterocycles. The summed E-state index contributed by atoms with van der Waals surface area (Å²) in [5.41, 5.74) is 3.41. The third-order valence-corrected chi connectivity index (χ3v) is 13.3. The minimum Gasteiger partial charge on any atom is -0.462 e. The smallest absolute Gasteiger partial charge is 0.302 e. The summed E-state index contributed by atoms with van der Waals surface area (Å²) < 4.78 is 5.91. The summed E-state index contributed by atoms with van der Waals surface area (Å²) in [6.45, 7) is 22.1. The fourth-order valence-electron chi connectivity index (χ4n) is 11.8. The summed E-state index contributed by atoms with van der Waals surface area (Å²) in [7, 11) is 0. The van der Waals surface area contributed by atoms with E-state index in [-0.39, 0.29) is 17.5 Å². The fourth-order valence-corrected chi connectivity index (χ4v) is 11.8. The molecule has 5 aliphatic carbocycles. The van der Waals surface area contributed by atoms with Crippen molar-refractivity contribution >= 4 is 5.97 Å². The Hall–Kier alpha value is -0.790. The van der Waals surface area contributed by atoms with Crippen LogP contribution >= 0.6 is 0 Å². The van der Waals surface area contributed by atoms with Crippen LogP contribution in [-0.4, -0.2) is 12.1 Å². The molecule has 2 heteroatoms. The molecule has 0 saturated heterocycles. The normalized spacial score (nSPS) is 54.0. The van der Waals surface area contributed by atoms with Crippen molar-refractivity contribution in [2.24, 2.45) is 56.7 Å². The molecular weight excluding hydrogens is 416 g/mol. The van der Waals surface area contributed by atoms with E-state index in [0.29, 0.717) is 27.6 Å². The van der Waals surface area contributed by atoms with Crippen LogP contribution in [0.2, 0.25) is 0 Å². The summed E-state index contributed by atoms with van der Waals surface area (Å²) in [5, 5.41) is 0. The van der Waals surface area contributed by atoms with E-state index in [4.69, 9.17) is 4.74 Å². The summed E-state index contributed by atoms with van der Waals surface area (Å²) >= 11 is 0. The molecule has 0 heterocycles. The first-order chi connectivity index (χ1) is 15.7. The van der Waals surface area contributed by atoms with Crippen molar-refractivity contribution in [1.82, 2.24) is 0 Å². The zero-order valence-corrected chi connectivity index (χ0v) is 23.7. The molecule has 0 radical (unpaired) electrons. The first-order valence-corrected chi connectivity index (χ1v) is 14.6. The lowest BCUT2D eigenvalue weighted by atomic mass is 9.34. The molecule has 0 spiro atoms. The van der Waals surface area contributed by atoms with E-state index >= 15 is 0 Å². The van der Waals surface area contributed by atoms with Gasteiger partial charge in [-0.3, -0.25) is 4.79 Å². The second kappa shape index (κ2) is 7.61. The summed E-state index contributed by atoms with van der Waals surface area (Å²) in [6.07, 6.45) is 14.5. The molecule has 4 saturated carbocycles. The maximum absolute atomic E-state index is 11.9. The molecule has 0 aromatic heterocycles. The number of hydrogen-bond acceptors (Lipinski definition) is 2. The Bertz CT molecular complexity index is 885. The largest absolute Gasteiger partial charge is 0.462 e. The highest BCUT2D eigenvalue weighted by molar-refractivity contribution is 5.66. The van der Waals surface area contributed by atoms with E-state index in [2.05, 4.69) is 61.5 Å². The Morgan fingerprint density at radius 1 is 0.853 bits per heavy atom. The number of hydrogen-bond donors (Lipinski definition) is 0. The SMILES string of the molecule is CC(=O)O[C@H]1CC[C@]2(C)[C@H]3CC[C@]4(C)C(=CC[C@@]5(C)CC[C@@H](C)[C@H](C)[C@@H]54)[C@]3(C)CC[C@H]2C1(C)C. The Balaban J connectivity index is 1.52. The lowest BCUT2D eigenvalue weighted by molar-refractivity contribution is -0.199. The molecule has 5 rings (SSSR count). The van der Waals surface area contributed by atoms with Crippen LogP contribution in [0.5, 0.6) is 0 Å².